The molecule has 1 amide bonds. The maximum Gasteiger partial charge on any atom is 0.254 e. The third-order valence-corrected chi connectivity index (χ3v) is 8.05. The predicted molar refractivity (Wildman–Crippen MR) is 168 cm³/mol. The van der Waals surface area contributed by atoms with Gasteiger partial charge >= 0.3 is 0 Å². The van der Waals surface area contributed by atoms with Crippen LogP contribution >= 0.6 is 23.2 Å². The van der Waals surface area contributed by atoms with Crippen LogP contribution in [0, 0.1) is 11.3 Å². The fourth-order valence-electron chi connectivity index (χ4n) is 5.26. The van der Waals surface area contributed by atoms with Crippen molar-refractivity contribution in [2.75, 3.05) is 7.05 Å². The molecule has 2 aromatic heterocycles. The van der Waals surface area contributed by atoms with Gasteiger partial charge in [0.2, 0.25) is 5.91 Å². The Labute approximate surface area is 254 Å². The lowest BCUT2D eigenvalue weighted by Gasteiger charge is -2.23. The van der Waals surface area contributed by atoms with E-state index in [2.05, 4.69) is 15.6 Å². The Balaban J connectivity index is 1.61. The second kappa shape index (κ2) is 12.7. The summed E-state index contributed by atoms with van der Waals surface area (Å²) in [6.07, 6.45) is 6.20. The van der Waals surface area contributed by atoms with Crippen LogP contribution in [-0.4, -0.2) is 33.7 Å². The molecule has 3 N–H and O–H groups in total. The second-order valence-electron chi connectivity index (χ2n) is 10.2. The van der Waals surface area contributed by atoms with Gasteiger partial charge in [-0.2, -0.15) is 0 Å². The zero-order valence-electron chi connectivity index (χ0n) is 23.2. The molecule has 0 spiro atoms. The number of amides is 1. The highest BCUT2D eigenvalue weighted by Crippen LogP contribution is 2.36. The average molecular weight is 602 g/mol. The Bertz CT molecular complexity index is 1750. The van der Waals surface area contributed by atoms with E-state index in [1.54, 1.807) is 42.3 Å². The number of carbonyl (C=O) groups excluding carboxylic acids is 1. The van der Waals surface area contributed by atoms with Crippen LogP contribution in [0.4, 0.5) is 0 Å². The van der Waals surface area contributed by atoms with Crippen molar-refractivity contribution in [2.45, 2.75) is 32.2 Å². The molecule has 214 valence electrons. The van der Waals surface area contributed by atoms with Crippen molar-refractivity contribution in [3.63, 3.8) is 0 Å². The van der Waals surface area contributed by atoms with E-state index in [9.17, 15) is 9.59 Å². The minimum Gasteiger partial charge on any atom is -0.386 e. The molecule has 4 aromatic rings. The highest BCUT2D eigenvalue weighted by Gasteiger charge is 2.23. The van der Waals surface area contributed by atoms with E-state index in [-0.39, 0.29) is 17.4 Å². The summed E-state index contributed by atoms with van der Waals surface area (Å²) in [7, 11) is 1.73. The molecule has 0 saturated carbocycles. The fraction of sp³-hybridized carbons (Fsp3) is 0.219. The number of fused-ring (bicyclic) bond motifs is 2. The monoisotopic (exact) mass is 600 g/mol. The molecule has 2 unspecified atom stereocenters. The van der Waals surface area contributed by atoms with Crippen molar-refractivity contribution in [3.05, 3.63) is 111 Å². The average Bonchev–Trinajstić information content (AvgIpc) is 2.99. The van der Waals surface area contributed by atoms with E-state index < -0.39 is 6.04 Å². The normalized spacial score (nSPS) is 19.3. The summed E-state index contributed by atoms with van der Waals surface area (Å²) in [5.74, 6) is -0.445. The molecule has 0 fully saturated rings. The van der Waals surface area contributed by atoms with Crippen molar-refractivity contribution < 1.29 is 4.79 Å². The first-order valence-electron chi connectivity index (χ1n) is 13.6. The lowest BCUT2D eigenvalue weighted by atomic mass is 9.96. The molecule has 0 radical (unpaired) electrons. The number of nitrogens with one attached hydrogen (secondary N) is 3. The highest BCUT2D eigenvalue weighted by atomic mass is 35.5. The molecule has 0 saturated heterocycles. The molecule has 1 aliphatic rings. The lowest BCUT2D eigenvalue weighted by Crippen LogP contribution is -2.32. The topological polar surface area (TPSA) is 113 Å². The van der Waals surface area contributed by atoms with Crippen LogP contribution < -0.4 is 16.2 Å². The standard InChI is InChI=1S/C32H30Cl2N6O2/c1-19-6-5-9-29(27-14-20(12-13-37-27)31(36-2)28(17-35)39-32(19)42)40-18-38-26(16-30(40)41)24-15-21(33)10-11-22(24)23-7-3-4-8-25(23)34/h3-4,7-8,10-19,29,35-36H,5-6,9H2,1-2H3,(H,39,42)/b31-28+,35-17?. The fourth-order valence-corrected chi connectivity index (χ4v) is 5.67. The summed E-state index contributed by atoms with van der Waals surface area (Å²) in [6.45, 7) is 1.86. The van der Waals surface area contributed by atoms with Crippen LogP contribution in [0.3, 0.4) is 0 Å². The van der Waals surface area contributed by atoms with Crippen molar-refractivity contribution in [2.24, 2.45) is 5.92 Å². The quantitative estimate of drug-likeness (QED) is 0.231. The Morgan fingerprint density at radius 1 is 1.00 bits per heavy atom. The van der Waals surface area contributed by atoms with Crippen LogP contribution in [0.5, 0.6) is 0 Å². The van der Waals surface area contributed by atoms with Gasteiger partial charge in [0.15, 0.2) is 0 Å². The number of allylic oxidation sites excluding steroid dienone is 1. The van der Waals surface area contributed by atoms with Gasteiger partial charge in [0.1, 0.15) is 0 Å². The van der Waals surface area contributed by atoms with E-state index in [1.165, 1.54) is 6.07 Å². The summed E-state index contributed by atoms with van der Waals surface area (Å²) in [6, 6.07) is 17.7. The van der Waals surface area contributed by atoms with Crippen LogP contribution in [-0.2, 0) is 4.79 Å². The first-order chi connectivity index (χ1) is 20.3. The van der Waals surface area contributed by atoms with Crippen LogP contribution in [0.15, 0.2) is 83.7 Å². The molecule has 42 heavy (non-hydrogen) atoms. The van der Waals surface area contributed by atoms with Crippen molar-refractivity contribution in [1.29, 1.82) is 5.41 Å². The van der Waals surface area contributed by atoms with Gasteiger partial charge in [-0.25, -0.2) is 4.98 Å². The Morgan fingerprint density at radius 2 is 1.81 bits per heavy atom. The molecule has 2 bridgehead atoms. The molecule has 2 atom stereocenters. The molecule has 10 heteroatoms. The summed E-state index contributed by atoms with van der Waals surface area (Å²) in [5, 5.41) is 15.0. The third kappa shape index (κ3) is 6.00. The van der Waals surface area contributed by atoms with Gasteiger partial charge < -0.3 is 16.0 Å². The summed E-state index contributed by atoms with van der Waals surface area (Å²) < 4.78 is 1.59. The number of nitrogens with zero attached hydrogens (tertiary/aromatic N) is 3. The van der Waals surface area contributed by atoms with Crippen LogP contribution in [0.1, 0.15) is 43.5 Å². The largest absolute Gasteiger partial charge is 0.386 e. The van der Waals surface area contributed by atoms with Gasteiger partial charge in [0.25, 0.3) is 5.56 Å². The number of rotatable bonds is 5. The van der Waals surface area contributed by atoms with E-state index in [1.807, 2.05) is 43.3 Å². The zero-order valence-corrected chi connectivity index (χ0v) is 24.7. The maximum absolute atomic E-state index is 13.7. The molecule has 5 rings (SSSR count). The SMILES string of the molecule is CN/C1=C(\C=N)NC(=O)C(C)CCCC(n2cnc(-c3cc(Cl)ccc3-c3ccccc3Cl)cc2=O)c2cc1ccn2. The van der Waals surface area contributed by atoms with E-state index in [0.29, 0.717) is 57.7 Å². The van der Waals surface area contributed by atoms with E-state index in [4.69, 9.17) is 33.6 Å². The van der Waals surface area contributed by atoms with Gasteiger partial charge in [-0.15, -0.1) is 0 Å². The zero-order chi connectivity index (χ0) is 29.8. The smallest absolute Gasteiger partial charge is 0.254 e. The Morgan fingerprint density at radius 3 is 2.55 bits per heavy atom. The third-order valence-electron chi connectivity index (χ3n) is 7.49. The van der Waals surface area contributed by atoms with Gasteiger partial charge in [-0.05, 0) is 48.7 Å². The number of hydrogen-bond acceptors (Lipinski definition) is 6. The number of hydrogen-bond donors (Lipinski definition) is 3. The number of aromatic nitrogens is 3. The van der Waals surface area contributed by atoms with Gasteiger partial charge in [0, 0.05) is 58.2 Å². The maximum atomic E-state index is 13.7. The van der Waals surface area contributed by atoms with Crippen LogP contribution in [0.2, 0.25) is 10.0 Å². The number of carbonyl (C=O) groups is 1. The molecule has 8 nitrogen and oxygen atoms in total. The minimum atomic E-state index is -0.419. The molecule has 3 heterocycles. The highest BCUT2D eigenvalue weighted by molar-refractivity contribution is 6.34. The molecular formula is C32H30Cl2N6O2. The number of benzene rings is 2. The Hall–Kier alpha value is -4.27. The first kappa shape index (κ1) is 29.2. The van der Waals surface area contributed by atoms with Gasteiger partial charge in [-0.3, -0.25) is 19.1 Å². The summed E-state index contributed by atoms with van der Waals surface area (Å²) in [5.41, 5.74) is 4.92. The summed E-state index contributed by atoms with van der Waals surface area (Å²) >= 11 is 12.9. The number of pyridine rings is 1. The lowest BCUT2D eigenvalue weighted by molar-refractivity contribution is -0.123. The van der Waals surface area contributed by atoms with Gasteiger partial charge in [0.05, 0.1) is 35.2 Å². The van der Waals surface area contributed by atoms with Crippen LogP contribution in [0.25, 0.3) is 28.1 Å². The van der Waals surface area contributed by atoms with Crippen molar-refractivity contribution in [3.8, 4) is 22.4 Å². The molecule has 2 aromatic carbocycles. The van der Waals surface area contributed by atoms with Gasteiger partial charge in [-0.1, -0.05) is 60.8 Å². The second-order valence-corrected chi connectivity index (χ2v) is 11.0. The summed E-state index contributed by atoms with van der Waals surface area (Å²) in [4.78, 5) is 35.9. The molecule has 1 aliphatic heterocycles. The molecular weight excluding hydrogens is 571 g/mol. The Kier molecular flexibility index (Phi) is 8.85. The van der Waals surface area contributed by atoms with Crippen molar-refractivity contribution >= 4 is 41.0 Å². The molecule has 0 aliphatic carbocycles. The van der Waals surface area contributed by atoms with E-state index >= 15 is 0 Å². The minimum absolute atomic E-state index is 0.160. The van der Waals surface area contributed by atoms with E-state index in [0.717, 1.165) is 22.9 Å². The first-order valence-corrected chi connectivity index (χ1v) is 14.4. The number of halogens is 2. The predicted octanol–water partition coefficient (Wildman–Crippen LogP) is 6.34. The van der Waals surface area contributed by atoms with Crippen molar-refractivity contribution in [1.82, 2.24) is 25.2 Å².